The number of nitrogens with zero attached hydrogens (tertiary/aromatic N) is 3. The Bertz CT molecular complexity index is 1090. The van der Waals surface area contributed by atoms with Crippen LogP contribution in [0, 0.1) is 6.92 Å². The van der Waals surface area contributed by atoms with Crippen molar-refractivity contribution in [3.8, 4) is 10.9 Å². The van der Waals surface area contributed by atoms with E-state index < -0.39 is 0 Å². The summed E-state index contributed by atoms with van der Waals surface area (Å²) in [6, 6.07) is 12.5. The van der Waals surface area contributed by atoms with Gasteiger partial charge in [-0.2, -0.15) is 4.98 Å². The van der Waals surface area contributed by atoms with E-state index in [0.29, 0.717) is 35.7 Å². The third-order valence-electron chi connectivity index (χ3n) is 7.10. The summed E-state index contributed by atoms with van der Waals surface area (Å²) >= 11 is 1.53. The summed E-state index contributed by atoms with van der Waals surface area (Å²) < 4.78 is 12.8. The van der Waals surface area contributed by atoms with Gasteiger partial charge in [0.1, 0.15) is 12.0 Å². The number of hydrogen-bond acceptors (Lipinski definition) is 7. The monoisotopic (exact) mass is 452 g/mol. The largest absolute Gasteiger partial charge is 0.431 e. The molecule has 2 aromatic heterocycles. The molecule has 0 aliphatic carbocycles. The normalized spacial score (nSPS) is 29.5. The van der Waals surface area contributed by atoms with E-state index in [0.717, 1.165) is 34.6 Å². The molecule has 7 heteroatoms. The maximum atomic E-state index is 5.97. The van der Waals surface area contributed by atoms with Crippen molar-refractivity contribution in [1.82, 2.24) is 20.2 Å². The molecule has 6 rings (SSSR count). The third kappa shape index (κ3) is 4.15. The minimum atomic E-state index is 0. The molecule has 0 saturated carbocycles. The number of hydrogen-bond donors (Lipinski definition) is 1. The molecule has 6 nitrogen and oxygen atoms in total. The second-order valence-corrected chi connectivity index (χ2v) is 10.5. The fraction of sp³-hybridized carbons (Fsp3) is 0.520. The smallest absolute Gasteiger partial charge is 0.281 e. The quantitative estimate of drug-likeness (QED) is 0.514. The van der Waals surface area contributed by atoms with Crippen molar-refractivity contribution in [2.45, 2.75) is 76.4 Å². The van der Waals surface area contributed by atoms with Crippen molar-refractivity contribution in [2.24, 2.45) is 0 Å². The van der Waals surface area contributed by atoms with Gasteiger partial charge in [-0.1, -0.05) is 23.5 Å². The lowest BCUT2D eigenvalue weighted by Gasteiger charge is -2.38. The minimum absolute atomic E-state index is 0. The molecule has 3 aliphatic rings. The summed E-state index contributed by atoms with van der Waals surface area (Å²) in [5.74, 6) is 0.818. The van der Waals surface area contributed by atoms with E-state index >= 15 is 0 Å². The SMILES string of the molecule is Cc1cnc2nc(Oc3ccc(CCNC4C[C@H]5CC[C@@H](C4)N5C4OC4C)cc3)sc2c1.[HH]. The fourth-order valence-corrected chi connectivity index (χ4v) is 6.36. The standard InChI is InChI=1S/C25H30N4O2S.H2/c1-15-11-22-23(27-14-15)28-25(32-22)31-21-7-3-17(4-8-21)9-10-26-18-12-19-5-6-20(13-18)29(19)24-16(2)30-24;/h3-4,7-8,11,14,16,18-20,24,26H,5-6,9-10,12-13H2,1-2H3;1H/t16?,18?,19-,20+,24?;. The van der Waals surface area contributed by atoms with Crippen LogP contribution < -0.4 is 10.1 Å². The van der Waals surface area contributed by atoms with Gasteiger partial charge in [0.25, 0.3) is 5.19 Å². The highest BCUT2D eigenvalue weighted by Crippen LogP contribution is 2.42. The van der Waals surface area contributed by atoms with Crippen molar-refractivity contribution >= 4 is 21.7 Å². The van der Waals surface area contributed by atoms with Gasteiger partial charge in [-0.15, -0.1) is 0 Å². The van der Waals surface area contributed by atoms with Crippen LogP contribution in [0.1, 0.15) is 45.2 Å². The number of ether oxygens (including phenoxy) is 2. The molecule has 32 heavy (non-hydrogen) atoms. The van der Waals surface area contributed by atoms with E-state index in [4.69, 9.17) is 9.47 Å². The van der Waals surface area contributed by atoms with Crippen LogP contribution in [0.4, 0.5) is 0 Å². The van der Waals surface area contributed by atoms with Gasteiger partial charge in [0.05, 0.1) is 10.8 Å². The van der Waals surface area contributed by atoms with Gasteiger partial charge in [0, 0.05) is 25.7 Å². The van der Waals surface area contributed by atoms with Gasteiger partial charge in [0.2, 0.25) is 0 Å². The molecule has 170 valence electrons. The Balaban J connectivity index is 0.00000228. The van der Waals surface area contributed by atoms with Crippen molar-refractivity contribution in [2.75, 3.05) is 6.54 Å². The van der Waals surface area contributed by atoms with Crippen molar-refractivity contribution < 1.29 is 10.9 Å². The Labute approximate surface area is 194 Å². The van der Waals surface area contributed by atoms with Crippen molar-refractivity contribution in [3.63, 3.8) is 0 Å². The first-order valence-electron chi connectivity index (χ1n) is 11.8. The van der Waals surface area contributed by atoms with Crippen LogP contribution in [-0.2, 0) is 11.2 Å². The Hall–Kier alpha value is -2.06. The molecule has 3 aliphatic heterocycles. The first kappa shape index (κ1) is 20.5. The minimum Gasteiger partial charge on any atom is -0.431 e. The zero-order valence-electron chi connectivity index (χ0n) is 18.7. The van der Waals surface area contributed by atoms with E-state index in [9.17, 15) is 0 Å². The molecular weight excluding hydrogens is 420 g/mol. The van der Waals surface area contributed by atoms with Crippen LogP contribution in [0.2, 0.25) is 0 Å². The number of rotatable bonds is 7. The lowest BCUT2D eigenvalue weighted by atomic mass is 9.96. The molecule has 3 unspecified atom stereocenters. The van der Waals surface area contributed by atoms with Crippen LogP contribution in [0.25, 0.3) is 10.3 Å². The van der Waals surface area contributed by atoms with Gasteiger partial charge in [-0.25, -0.2) is 4.98 Å². The zero-order valence-corrected chi connectivity index (χ0v) is 19.5. The van der Waals surface area contributed by atoms with Crippen LogP contribution in [0.5, 0.6) is 10.9 Å². The summed E-state index contributed by atoms with van der Waals surface area (Å²) in [5, 5.41) is 4.46. The predicted octanol–water partition coefficient (Wildman–Crippen LogP) is 4.91. The molecule has 2 bridgehead atoms. The number of epoxide rings is 1. The first-order valence-corrected chi connectivity index (χ1v) is 12.6. The summed E-state index contributed by atoms with van der Waals surface area (Å²) in [6.07, 6.45) is 8.89. The van der Waals surface area contributed by atoms with Crippen LogP contribution in [-0.4, -0.2) is 51.9 Å². The van der Waals surface area contributed by atoms with Crippen LogP contribution >= 0.6 is 11.3 Å². The molecule has 1 aromatic carbocycles. The number of pyridine rings is 1. The number of aromatic nitrogens is 2. The van der Waals surface area contributed by atoms with E-state index in [1.807, 2.05) is 25.3 Å². The van der Waals surface area contributed by atoms with Crippen LogP contribution in [0.3, 0.4) is 0 Å². The summed E-state index contributed by atoms with van der Waals surface area (Å²) in [7, 11) is 0. The maximum absolute atomic E-state index is 5.97. The molecular formula is C25H32N4O2S. The van der Waals surface area contributed by atoms with Gasteiger partial charge in [-0.05, 0) is 81.8 Å². The fourth-order valence-electron chi connectivity index (χ4n) is 5.47. The average molecular weight is 453 g/mol. The molecule has 3 fully saturated rings. The van der Waals surface area contributed by atoms with Crippen LogP contribution in [0.15, 0.2) is 36.5 Å². The molecule has 0 amide bonds. The van der Waals surface area contributed by atoms with Gasteiger partial charge in [0.15, 0.2) is 5.65 Å². The Morgan fingerprint density at radius 2 is 1.97 bits per heavy atom. The second-order valence-electron chi connectivity index (χ2n) is 9.50. The average Bonchev–Trinajstić information content (AvgIpc) is 3.26. The second kappa shape index (κ2) is 8.37. The molecule has 5 heterocycles. The van der Waals surface area contributed by atoms with E-state index in [-0.39, 0.29) is 1.43 Å². The van der Waals surface area contributed by atoms with Crippen molar-refractivity contribution in [3.05, 3.63) is 47.7 Å². The Morgan fingerprint density at radius 1 is 1.22 bits per heavy atom. The molecule has 0 radical (unpaired) electrons. The highest BCUT2D eigenvalue weighted by atomic mass is 32.1. The number of fused-ring (bicyclic) bond motifs is 3. The summed E-state index contributed by atoms with van der Waals surface area (Å²) in [4.78, 5) is 11.5. The molecule has 5 atom stereocenters. The number of thiazole rings is 1. The van der Waals surface area contributed by atoms with E-state index in [1.54, 1.807) is 0 Å². The number of benzene rings is 1. The van der Waals surface area contributed by atoms with E-state index in [2.05, 4.69) is 45.3 Å². The predicted molar refractivity (Wildman–Crippen MR) is 128 cm³/mol. The van der Waals surface area contributed by atoms with Gasteiger partial charge < -0.3 is 14.8 Å². The number of nitrogens with one attached hydrogen (secondary N) is 1. The Kier molecular flexibility index (Phi) is 5.38. The molecule has 1 N–H and O–H groups in total. The van der Waals surface area contributed by atoms with Gasteiger partial charge in [-0.3, -0.25) is 4.90 Å². The third-order valence-corrected chi connectivity index (χ3v) is 7.97. The van der Waals surface area contributed by atoms with Gasteiger partial charge >= 0.3 is 0 Å². The molecule has 0 spiro atoms. The first-order chi connectivity index (χ1) is 15.6. The summed E-state index contributed by atoms with van der Waals surface area (Å²) in [5.41, 5.74) is 3.21. The molecule has 3 saturated heterocycles. The lowest BCUT2D eigenvalue weighted by molar-refractivity contribution is 0.0663. The Morgan fingerprint density at radius 3 is 2.69 bits per heavy atom. The highest BCUT2D eigenvalue weighted by molar-refractivity contribution is 7.20. The van der Waals surface area contributed by atoms with E-state index in [1.165, 1.54) is 42.6 Å². The topological polar surface area (TPSA) is 62.8 Å². The molecule has 3 aromatic rings. The summed E-state index contributed by atoms with van der Waals surface area (Å²) in [6.45, 7) is 5.25. The number of piperidine rings is 1. The number of aryl methyl sites for hydroxylation is 1. The highest BCUT2D eigenvalue weighted by Gasteiger charge is 2.51. The maximum Gasteiger partial charge on any atom is 0.281 e. The van der Waals surface area contributed by atoms with Crippen molar-refractivity contribution in [1.29, 1.82) is 0 Å². The zero-order chi connectivity index (χ0) is 21.7. The lowest BCUT2D eigenvalue weighted by Crippen LogP contribution is -2.50.